The van der Waals surface area contributed by atoms with E-state index in [9.17, 15) is 18.0 Å². The Hall–Kier alpha value is -2.64. The van der Waals surface area contributed by atoms with E-state index in [4.69, 9.17) is 9.52 Å². The highest BCUT2D eigenvalue weighted by atomic mass is 19.4. The molecule has 1 heterocycles. The van der Waals surface area contributed by atoms with Crippen LogP contribution in [0.4, 0.5) is 18.9 Å². The highest BCUT2D eigenvalue weighted by Crippen LogP contribution is 2.24. The number of benzene rings is 1. The van der Waals surface area contributed by atoms with E-state index >= 15 is 0 Å². The van der Waals surface area contributed by atoms with E-state index in [1.54, 1.807) is 0 Å². The first-order chi connectivity index (χ1) is 9.85. The van der Waals surface area contributed by atoms with Crippen molar-refractivity contribution >= 4 is 11.7 Å². The Kier molecular flexibility index (Phi) is 4.06. The second-order valence-corrected chi connectivity index (χ2v) is 4.01. The highest BCUT2D eigenvalue weighted by molar-refractivity contribution is 5.86. The maximum Gasteiger partial charge on any atom is 0.573 e. The summed E-state index contributed by atoms with van der Waals surface area (Å²) in [6, 6.07) is 6.59. The molecule has 5 nitrogen and oxygen atoms in total. The molecule has 0 amide bonds. The average molecular weight is 301 g/mol. The minimum absolute atomic E-state index is 0.164. The summed E-state index contributed by atoms with van der Waals surface area (Å²) in [5, 5.41) is 11.7. The molecule has 0 unspecified atom stereocenters. The molecule has 1 aromatic carbocycles. The molecule has 8 heteroatoms. The number of rotatable bonds is 5. The van der Waals surface area contributed by atoms with Gasteiger partial charge in [-0.2, -0.15) is 0 Å². The zero-order valence-corrected chi connectivity index (χ0v) is 10.5. The van der Waals surface area contributed by atoms with Gasteiger partial charge in [0, 0.05) is 17.8 Å². The van der Waals surface area contributed by atoms with E-state index in [0.29, 0.717) is 11.3 Å². The van der Waals surface area contributed by atoms with Gasteiger partial charge in [-0.15, -0.1) is 13.2 Å². The first-order valence-electron chi connectivity index (χ1n) is 5.74. The summed E-state index contributed by atoms with van der Waals surface area (Å²) in [6.07, 6.45) is -3.48. The van der Waals surface area contributed by atoms with Crippen LogP contribution in [-0.2, 0) is 6.54 Å². The lowest BCUT2D eigenvalue weighted by Gasteiger charge is -2.10. The second kappa shape index (κ2) is 5.78. The Morgan fingerprint density at radius 1 is 1.24 bits per heavy atom. The van der Waals surface area contributed by atoms with Crippen molar-refractivity contribution in [1.82, 2.24) is 0 Å². The molecule has 0 bridgehead atoms. The van der Waals surface area contributed by atoms with Crippen LogP contribution in [0.25, 0.3) is 0 Å². The van der Waals surface area contributed by atoms with E-state index < -0.39 is 12.3 Å². The molecule has 2 rings (SSSR count). The van der Waals surface area contributed by atoms with Gasteiger partial charge in [-0.05, 0) is 30.3 Å². The SMILES string of the molecule is O=C(O)c1occc1CNc1ccc(OC(F)(F)F)cc1. The van der Waals surface area contributed by atoms with Gasteiger partial charge in [0.05, 0.1) is 6.26 Å². The minimum Gasteiger partial charge on any atom is -0.475 e. The van der Waals surface area contributed by atoms with E-state index in [1.165, 1.54) is 24.5 Å². The lowest BCUT2D eigenvalue weighted by atomic mass is 10.2. The normalized spacial score (nSPS) is 11.2. The number of furan rings is 1. The molecule has 0 fully saturated rings. The average Bonchev–Trinajstić information content (AvgIpc) is 2.84. The minimum atomic E-state index is -4.73. The van der Waals surface area contributed by atoms with Gasteiger partial charge in [-0.25, -0.2) is 4.79 Å². The maximum atomic E-state index is 12.0. The third-order valence-electron chi connectivity index (χ3n) is 2.51. The molecular formula is C13H10F3NO4. The fraction of sp³-hybridized carbons (Fsp3) is 0.154. The summed E-state index contributed by atoms with van der Waals surface area (Å²) >= 11 is 0. The van der Waals surface area contributed by atoms with Gasteiger partial charge in [0.15, 0.2) is 0 Å². The lowest BCUT2D eigenvalue weighted by molar-refractivity contribution is -0.274. The monoisotopic (exact) mass is 301 g/mol. The van der Waals surface area contributed by atoms with Crippen molar-refractivity contribution in [3.63, 3.8) is 0 Å². The van der Waals surface area contributed by atoms with Crippen molar-refractivity contribution in [2.45, 2.75) is 12.9 Å². The van der Waals surface area contributed by atoms with Crippen molar-refractivity contribution in [2.75, 3.05) is 5.32 Å². The fourth-order valence-electron chi connectivity index (χ4n) is 1.63. The van der Waals surface area contributed by atoms with Crippen molar-refractivity contribution < 1.29 is 32.2 Å². The first-order valence-corrected chi connectivity index (χ1v) is 5.74. The van der Waals surface area contributed by atoms with Crippen LogP contribution in [-0.4, -0.2) is 17.4 Å². The highest BCUT2D eigenvalue weighted by Gasteiger charge is 2.30. The summed E-state index contributed by atoms with van der Waals surface area (Å²) < 4.78 is 44.5. The number of halogens is 3. The summed E-state index contributed by atoms with van der Waals surface area (Å²) in [5.74, 6) is -1.70. The largest absolute Gasteiger partial charge is 0.573 e. The van der Waals surface area contributed by atoms with Crippen LogP contribution in [0.5, 0.6) is 5.75 Å². The molecule has 0 aliphatic carbocycles. The predicted molar refractivity (Wildman–Crippen MR) is 66.1 cm³/mol. The van der Waals surface area contributed by atoms with E-state index in [0.717, 1.165) is 12.1 Å². The molecular weight excluding hydrogens is 291 g/mol. The number of carbonyl (C=O) groups is 1. The zero-order chi connectivity index (χ0) is 15.5. The molecule has 0 radical (unpaired) electrons. The second-order valence-electron chi connectivity index (χ2n) is 4.01. The van der Waals surface area contributed by atoms with Gasteiger partial charge >= 0.3 is 12.3 Å². The molecule has 112 valence electrons. The first kappa shape index (κ1) is 14.8. The van der Waals surface area contributed by atoms with Gasteiger partial charge in [0.1, 0.15) is 5.75 Å². The summed E-state index contributed by atoms with van der Waals surface area (Å²) in [5.41, 5.74) is 0.945. The van der Waals surface area contributed by atoms with E-state index in [2.05, 4.69) is 10.1 Å². The molecule has 0 saturated carbocycles. The maximum absolute atomic E-state index is 12.0. The van der Waals surface area contributed by atoms with Crippen molar-refractivity contribution in [3.8, 4) is 5.75 Å². The molecule has 0 saturated heterocycles. The number of anilines is 1. The third-order valence-corrected chi connectivity index (χ3v) is 2.51. The molecule has 21 heavy (non-hydrogen) atoms. The van der Waals surface area contributed by atoms with Gasteiger partial charge < -0.3 is 19.6 Å². The number of alkyl halides is 3. The number of nitrogens with one attached hydrogen (secondary N) is 1. The third kappa shape index (κ3) is 4.16. The van der Waals surface area contributed by atoms with Crippen LogP contribution in [0.3, 0.4) is 0 Å². The molecule has 0 spiro atoms. The van der Waals surface area contributed by atoms with Crippen molar-refractivity contribution in [2.24, 2.45) is 0 Å². The summed E-state index contributed by atoms with van der Waals surface area (Å²) in [4.78, 5) is 10.8. The Balaban J connectivity index is 1.98. The van der Waals surface area contributed by atoms with Crippen LogP contribution in [0.2, 0.25) is 0 Å². The predicted octanol–water partition coefficient (Wildman–Crippen LogP) is 3.49. The number of ether oxygens (including phenoxy) is 1. The molecule has 1 aromatic heterocycles. The molecule has 2 N–H and O–H groups in total. The number of aromatic carboxylic acids is 1. The number of carboxylic acids is 1. The Morgan fingerprint density at radius 3 is 2.48 bits per heavy atom. The van der Waals surface area contributed by atoms with Crippen molar-refractivity contribution in [1.29, 1.82) is 0 Å². The van der Waals surface area contributed by atoms with Gasteiger partial charge in [0.25, 0.3) is 0 Å². The number of hydrogen-bond acceptors (Lipinski definition) is 4. The number of hydrogen-bond donors (Lipinski definition) is 2. The van der Waals surface area contributed by atoms with Crippen LogP contribution < -0.4 is 10.1 Å². The zero-order valence-electron chi connectivity index (χ0n) is 10.5. The van der Waals surface area contributed by atoms with E-state index in [-0.39, 0.29) is 18.1 Å². The molecule has 0 aliphatic rings. The van der Waals surface area contributed by atoms with Crippen LogP contribution >= 0.6 is 0 Å². The van der Waals surface area contributed by atoms with Crippen LogP contribution in [0.15, 0.2) is 41.0 Å². The van der Waals surface area contributed by atoms with Gasteiger partial charge in [-0.1, -0.05) is 0 Å². The van der Waals surface area contributed by atoms with Crippen LogP contribution in [0.1, 0.15) is 16.1 Å². The van der Waals surface area contributed by atoms with Crippen molar-refractivity contribution in [3.05, 3.63) is 47.9 Å². The molecule has 0 atom stereocenters. The summed E-state index contributed by atoms with van der Waals surface area (Å²) in [7, 11) is 0. The lowest BCUT2D eigenvalue weighted by Crippen LogP contribution is -2.17. The molecule has 0 aliphatic heterocycles. The van der Waals surface area contributed by atoms with Crippen LogP contribution in [0, 0.1) is 0 Å². The fourth-order valence-corrected chi connectivity index (χ4v) is 1.63. The quantitative estimate of drug-likeness (QED) is 0.884. The Bertz CT molecular complexity index is 619. The summed E-state index contributed by atoms with van der Waals surface area (Å²) in [6.45, 7) is 0.164. The standard InChI is InChI=1S/C13H10F3NO4/c14-13(15,16)21-10-3-1-9(2-4-10)17-7-8-5-6-20-11(8)12(18)19/h1-6,17H,7H2,(H,18,19). The Labute approximate surface area is 116 Å². The van der Waals surface area contributed by atoms with Gasteiger partial charge in [0.2, 0.25) is 5.76 Å². The number of carboxylic acid groups (broad SMARTS) is 1. The topological polar surface area (TPSA) is 71.7 Å². The smallest absolute Gasteiger partial charge is 0.475 e. The molecule has 2 aromatic rings. The van der Waals surface area contributed by atoms with Gasteiger partial charge in [-0.3, -0.25) is 0 Å². The Morgan fingerprint density at radius 2 is 1.90 bits per heavy atom. The van der Waals surface area contributed by atoms with E-state index in [1.807, 2.05) is 0 Å².